The van der Waals surface area contributed by atoms with Crippen molar-refractivity contribution >= 4 is 23.1 Å². The molecule has 0 unspecified atom stereocenters. The molecule has 2 amide bonds. The van der Waals surface area contributed by atoms with E-state index in [-0.39, 0.29) is 22.7 Å². The van der Waals surface area contributed by atoms with Crippen LogP contribution >= 0.6 is 0 Å². The van der Waals surface area contributed by atoms with E-state index in [4.69, 9.17) is 5.73 Å². The van der Waals surface area contributed by atoms with Gasteiger partial charge in [-0.25, -0.2) is 27.1 Å². The van der Waals surface area contributed by atoms with Crippen LogP contribution in [0.2, 0.25) is 0 Å². The summed E-state index contributed by atoms with van der Waals surface area (Å²) in [5.41, 5.74) is 2.57. The van der Waals surface area contributed by atoms with Crippen LogP contribution in [0.5, 0.6) is 0 Å². The predicted octanol–water partition coefficient (Wildman–Crippen LogP) is 2.17. The van der Waals surface area contributed by atoms with Crippen LogP contribution in [0.25, 0.3) is 5.65 Å². The largest absolute Gasteiger partial charge is 0.364 e. The summed E-state index contributed by atoms with van der Waals surface area (Å²) in [7, 11) is 0. The topological polar surface area (TPSA) is 120 Å². The molecule has 3 N–H and O–H groups in total. The number of hydrogen-bond donors (Lipinski definition) is 2. The Bertz CT molecular complexity index is 1060. The van der Waals surface area contributed by atoms with Crippen LogP contribution in [0.15, 0.2) is 18.3 Å². The molecule has 0 fully saturated rings. The Morgan fingerprint density at radius 3 is 2.46 bits per heavy atom. The molecule has 0 spiro atoms. The fourth-order valence-corrected chi connectivity index (χ4v) is 2.44. The molecule has 28 heavy (non-hydrogen) atoms. The molecule has 0 aliphatic heterocycles. The van der Waals surface area contributed by atoms with Crippen molar-refractivity contribution in [2.45, 2.75) is 26.3 Å². The Balaban J connectivity index is 2.00. The number of alkyl halides is 4. The molecule has 0 aliphatic carbocycles. The minimum atomic E-state index is -3.12. The molecule has 3 aromatic rings. The first-order valence-corrected chi connectivity index (χ1v) is 7.86. The summed E-state index contributed by atoms with van der Waals surface area (Å²) in [5.74, 6) is -1.77. The number of anilines is 1. The Morgan fingerprint density at radius 2 is 1.89 bits per heavy atom. The van der Waals surface area contributed by atoms with Crippen molar-refractivity contribution in [1.29, 1.82) is 0 Å². The van der Waals surface area contributed by atoms with Gasteiger partial charge in [0.05, 0.1) is 5.69 Å². The van der Waals surface area contributed by atoms with Crippen LogP contribution in [0, 0.1) is 0 Å². The molecule has 0 radical (unpaired) electrons. The highest BCUT2D eigenvalue weighted by Crippen LogP contribution is 2.25. The van der Waals surface area contributed by atoms with Gasteiger partial charge in [0.25, 0.3) is 24.7 Å². The molecule has 0 saturated heterocycles. The smallest absolute Gasteiger partial charge is 0.280 e. The second-order valence-electron chi connectivity index (χ2n) is 5.57. The maximum Gasteiger partial charge on any atom is 0.280 e. The Labute approximate surface area is 154 Å². The summed E-state index contributed by atoms with van der Waals surface area (Å²) in [6.45, 7) is 2.13. The second-order valence-corrected chi connectivity index (χ2v) is 5.57. The summed E-state index contributed by atoms with van der Waals surface area (Å²) < 4.78 is 54.1. The molecule has 0 saturated carbocycles. The van der Waals surface area contributed by atoms with Gasteiger partial charge in [0.15, 0.2) is 17.0 Å². The molecule has 0 aromatic carbocycles. The number of nitrogens with one attached hydrogen (secondary N) is 1. The third kappa shape index (κ3) is 3.50. The number of halogens is 4. The maximum absolute atomic E-state index is 13.2. The van der Waals surface area contributed by atoms with Crippen molar-refractivity contribution in [2.24, 2.45) is 5.73 Å². The summed E-state index contributed by atoms with van der Waals surface area (Å²) in [6, 6.07) is 1.49. The monoisotopic (exact) mass is 399 g/mol. The number of nitrogens with two attached hydrogens (primary N) is 1. The number of amides is 2. The van der Waals surface area contributed by atoms with E-state index < -0.39 is 36.1 Å². The molecule has 0 atom stereocenters. The lowest BCUT2D eigenvalue weighted by molar-refractivity contribution is 0.0995. The van der Waals surface area contributed by atoms with Crippen molar-refractivity contribution in [3.8, 4) is 0 Å². The molecule has 9 nitrogen and oxygen atoms in total. The third-order valence-corrected chi connectivity index (χ3v) is 3.72. The first kappa shape index (κ1) is 19.3. The minimum absolute atomic E-state index is 0.00767. The van der Waals surface area contributed by atoms with Gasteiger partial charge in [-0.15, -0.1) is 0 Å². The number of hydrogen-bond acceptors (Lipinski definition) is 5. The number of carbonyl (C=O) groups is 2. The van der Waals surface area contributed by atoms with E-state index in [9.17, 15) is 27.2 Å². The molecular weight excluding hydrogens is 386 g/mol. The first-order valence-electron chi connectivity index (χ1n) is 7.86. The highest BCUT2D eigenvalue weighted by Gasteiger charge is 2.23. The zero-order valence-corrected chi connectivity index (χ0v) is 14.2. The standard InChI is InChI=1S/C15H13F4N7O2/c1-2-25-5-8(11(24-25)14(20)27)22-15(28)7-4-10-21-6(12(16)17)3-9(13(18)19)26(10)23-7/h3-5,12-13H,2H2,1H3,(H2,20,27)(H,22,28). The maximum atomic E-state index is 13.2. The zero-order chi connectivity index (χ0) is 20.6. The van der Waals surface area contributed by atoms with E-state index in [0.717, 1.165) is 6.07 Å². The number of aryl methyl sites for hydroxylation is 1. The minimum Gasteiger partial charge on any atom is -0.364 e. The van der Waals surface area contributed by atoms with Crippen LogP contribution in [0.4, 0.5) is 23.2 Å². The summed E-state index contributed by atoms with van der Waals surface area (Å²) >= 11 is 0. The van der Waals surface area contributed by atoms with E-state index in [2.05, 4.69) is 20.5 Å². The molecule has 0 aliphatic rings. The Kier molecular flexibility index (Phi) is 4.98. The van der Waals surface area contributed by atoms with Gasteiger partial charge < -0.3 is 11.1 Å². The van der Waals surface area contributed by atoms with Crippen LogP contribution in [-0.4, -0.2) is 36.2 Å². The Hall–Kier alpha value is -3.51. The first-order chi connectivity index (χ1) is 13.2. The van der Waals surface area contributed by atoms with Gasteiger partial charge in [0.2, 0.25) is 0 Å². The van der Waals surface area contributed by atoms with Gasteiger partial charge in [-0.05, 0) is 13.0 Å². The lowest BCUT2D eigenvalue weighted by Crippen LogP contribution is -2.18. The average Bonchev–Trinajstić information content (AvgIpc) is 3.24. The molecule has 148 valence electrons. The summed E-state index contributed by atoms with van der Waals surface area (Å²) in [5, 5.41) is 9.95. The number of fused-ring (bicyclic) bond motifs is 1. The van der Waals surface area contributed by atoms with Gasteiger partial charge in [0.1, 0.15) is 11.4 Å². The fourth-order valence-electron chi connectivity index (χ4n) is 2.44. The highest BCUT2D eigenvalue weighted by atomic mass is 19.3. The average molecular weight is 399 g/mol. The molecular formula is C15H13F4N7O2. The van der Waals surface area contributed by atoms with Crippen molar-refractivity contribution in [3.63, 3.8) is 0 Å². The molecule has 3 rings (SSSR count). The number of carbonyl (C=O) groups excluding carboxylic acids is 2. The van der Waals surface area contributed by atoms with Crippen LogP contribution in [0.1, 0.15) is 52.1 Å². The summed E-state index contributed by atoms with van der Waals surface area (Å²) in [4.78, 5) is 27.4. The SMILES string of the molecule is CCn1cc(NC(=O)c2cc3nc(C(F)F)cc(C(F)F)n3n2)c(C(N)=O)n1. The number of nitrogens with zero attached hydrogens (tertiary/aromatic N) is 5. The van der Waals surface area contributed by atoms with Gasteiger partial charge in [-0.3, -0.25) is 14.3 Å². The van der Waals surface area contributed by atoms with Gasteiger partial charge in [-0.1, -0.05) is 0 Å². The molecule has 13 heteroatoms. The zero-order valence-electron chi connectivity index (χ0n) is 14.2. The van der Waals surface area contributed by atoms with Crippen molar-refractivity contribution in [2.75, 3.05) is 5.32 Å². The number of rotatable bonds is 6. The van der Waals surface area contributed by atoms with Crippen molar-refractivity contribution in [1.82, 2.24) is 24.4 Å². The Morgan fingerprint density at radius 1 is 1.18 bits per heavy atom. The third-order valence-electron chi connectivity index (χ3n) is 3.72. The van der Waals surface area contributed by atoms with E-state index >= 15 is 0 Å². The molecule has 3 heterocycles. The van der Waals surface area contributed by atoms with Gasteiger partial charge in [0, 0.05) is 18.8 Å². The predicted molar refractivity (Wildman–Crippen MR) is 87.3 cm³/mol. The quantitative estimate of drug-likeness (QED) is 0.616. The number of primary amides is 1. The van der Waals surface area contributed by atoms with Gasteiger partial charge in [-0.2, -0.15) is 10.2 Å². The van der Waals surface area contributed by atoms with E-state index in [1.165, 1.54) is 10.9 Å². The van der Waals surface area contributed by atoms with Crippen LogP contribution in [0.3, 0.4) is 0 Å². The molecule has 3 aromatic heterocycles. The number of aromatic nitrogens is 5. The fraction of sp³-hybridized carbons (Fsp3) is 0.267. The van der Waals surface area contributed by atoms with Crippen molar-refractivity contribution in [3.05, 3.63) is 41.1 Å². The lowest BCUT2D eigenvalue weighted by atomic mass is 10.3. The molecule has 0 bridgehead atoms. The highest BCUT2D eigenvalue weighted by molar-refractivity contribution is 6.07. The lowest BCUT2D eigenvalue weighted by Gasteiger charge is -2.06. The van der Waals surface area contributed by atoms with E-state index in [1.54, 1.807) is 6.92 Å². The van der Waals surface area contributed by atoms with Gasteiger partial charge >= 0.3 is 0 Å². The van der Waals surface area contributed by atoms with Crippen molar-refractivity contribution < 1.29 is 27.2 Å². The second kappa shape index (κ2) is 7.25. The summed E-state index contributed by atoms with van der Waals surface area (Å²) in [6.07, 6.45) is -4.85. The normalized spacial score (nSPS) is 11.5. The van der Waals surface area contributed by atoms with E-state index in [0.29, 0.717) is 17.1 Å². The van der Waals surface area contributed by atoms with E-state index in [1.807, 2.05) is 0 Å². The van der Waals surface area contributed by atoms with Crippen LogP contribution < -0.4 is 11.1 Å². The van der Waals surface area contributed by atoms with Crippen LogP contribution in [-0.2, 0) is 6.54 Å².